The van der Waals surface area contributed by atoms with E-state index in [9.17, 15) is 9.59 Å². The number of carbonyl (C=O) groups is 2. The lowest BCUT2D eigenvalue weighted by molar-refractivity contribution is -0.138. The van der Waals surface area contributed by atoms with Gasteiger partial charge in [0, 0.05) is 32.5 Å². The summed E-state index contributed by atoms with van der Waals surface area (Å²) in [6, 6.07) is 0. The number of likely N-dealkylation sites (tertiary alicyclic amines) is 1. The second-order valence-electron chi connectivity index (χ2n) is 4.28. The van der Waals surface area contributed by atoms with Crippen molar-refractivity contribution in [3.8, 4) is 0 Å². The Kier molecular flexibility index (Phi) is 5.25. The first kappa shape index (κ1) is 13.0. The normalized spacial score (nSPS) is 17.4. The molecular formula is C11H20N2O3. The van der Waals surface area contributed by atoms with Gasteiger partial charge in [-0.25, -0.2) is 0 Å². The van der Waals surface area contributed by atoms with Crippen molar-refractivity contribution >= 4 is 11.9 Å². The van der Waals surface area contributed by atoms with E-state index in [1.807, 2.05) is 11.9 Å². The quantitative estimate of drug-likeness (QED) is 0.710. The number of carbonyl (C=O) groups excluding carboxylic acids is 1. The maximum atomic E-state index is 11.7. The lowest BCUT2D eigenvalue weighted by Gasteiger charge is -2.31. The van der Waals surface area contributed by atoms with Gasteiger partial charge in [-0.3, -0.25) is 9.59 Å². The third-order valence-corrected chi connectivity index (χ3v) is 3.02. The minimum absolute atomic E-state index is 0.170. The van der Waals surface area contributed by atoms with Crippen molar-refractivity contribution in [1.29, 1.82) is 0 Å². The Morgan fingerprint density at radius 1 is 1.38 bits per heavy atom. The molecule has 0 radical (unpaired) electrons. The summed E-state index contributed by atoms with van der Waals surface area (Å²) in [5.41, 5.74) is 0. The van der Waals surface area contributed by atoms with Crippen LogP contribution in [0, 0.1) is 5.92 Å². The lowest BCUT2D eigenvalue weighted by atomic mass is 9.93. The molecule has 1 aliphatic rings. The number of carboxylic acids is 1. The zero-order valence-electron chi connectivity index (χ0n) is 9.74. The molecule has 1 saturated heterocycles. The molecule has 1 aliphatic heterocycles. The summed E-state index contributed by atoms with van der Waals surface area (Å²) >= 11 is 0. The molecule has 1 heterocycles. The van der Waals surface area contributed by atoms with Crippen molar-refractivity contribution < 1.29 is 14.7 Å². The Hall–Kier alpha value is -1.10. The van der Waals surface area contributed by atoms with Gasteiger partial charge in [0.25, 0.3) is 0 Å². The Balaban J connectivity index is 2.25. The molecule has 0 saturated carbocycles. The van der Waals surface area contributed by atoms with Gasteiger partial charge in [0.2, 0.25) is 5.91 Å². The van der Waals surface area contributed by atoms with Gasteiger partial charge >= 0.3 is 5.97 Å². The van der Waals surface area contributed by atoms with Crippen molar-refractivity contribution in [3.63, 3.8) is 0 Å². The first-order chi connectivity index (χ1) is 7.63. The van der Waals surface area contributed by atoms with Gasteiger partial charge in [-0.15, -0.1) is 0 Å². The van der Waals surface area contributed by atoms with Crippen molar-refractivity contribution in [1.82, 2.24) is 10.2 Å². The van der Waals surface area contributed by atoms with Crippen LogP contribution in [0.1, 0.15) is 25.7 Å². The fourth-order valence-electron chi connectivity index (χ4n) is 2.02. The monoisotopic (exact) mass is 228 g/mol. The van der Waals surface area contributed by atoms with Gasteiger partial charge in [0.1, 0.15) is 0 Å². The largest absolute Gasteiger partial charge is 0.481 e. The van der Waals surface area contributed by atoms with E-state index in [-0.39, 0.29) is 18.2 Å². The summed E-state index contributed by atoms with van der Waals surface area (Å²) < 4.78 is 0. The van der Waals surface area contributed by atoms with Crippen molar-refractivity contribution in [2.45, 2.75) is 25.7 Å². The fourth-order valence-corrected chi connectivity index (χ4v) is 2.02. The molecule has 5 heteroatoms. The number of nitrogens with zero attached hydrogens (tertiary/aromatic N) is 1. The molecule has 0 bridgehead atoms. The summed E-state index contributed by atoms with van der Waals surface area (Å²) in [6.45, 7) is 2.12. The number of amides is 1. The van der Waals surface area contributed by atoms with E-state index >= 15 is 0 Å². The molecule has 1 fully saturated rings. The number of piperidine rings is 1. The third-order valence-electron chi connectivity index (χ3n) is 3.02. The molecule has 92 valence electrons. The molecule has 2 N–H and O–H groups in total. The van der Waals surface area contributed by atoms with Crippen LogP contribution in [0.3, 0.4) is 0 Å². The van der Waals surface area contributed by atoms with Gasteiger partial charge < -0.3 is 15.3 Å². The molecule has 1 rings (SSSR count). The predicted molar refractivity (Wildman–Crippen MR) is 60.1 cm³/mol. The highest BCUT2D eigenvalue weighted by Crippen LogP contribution is 2.20. The second-order valence-corrected chi connectivity index (χ2v) is 4.28. The first-order valence-electron chi connectivity index (χ1n) is 5.77. The molecule has 5 nitrogen and oxygen atoms in total. The highest BCUT2D eigenvalue weighted by molar-refractivity contribution is 5.76. The van der Waals surface area contributed by atoms with Gasteiger partial charge in [-0.1, -0.05) is 0 Å². The van der Waals surface area contributed by atoms with Crippen LogP contribution in [0.5, 0.6) is 0 Å². The van der Waals surface area contributed by atoms with Crippen LogP contribution in [-0.2, 0) is 9.59 Å². The number of nitrogens with one attached hydrogen (secondary N) is 1. The van der Waals surface area contributed by atoms with Crippen molar-refractivity contribution in [2.75, 3.05) is 26.7 Å². The maximum Gasteiger partial charge on any atom is 0.303 e. The Morgan fingerprint density at radius 2 is 2.00 bits per heavy atom. The highest BCUT2D eigenvalue weighted by Gasteiger charge is 2.23. The average Bonchev–Trinajstić information content (AvgIpc) is 2.26. The molecule has 0 aromatic carbocycles. The number of carboxylic acid groups (broad SMARTS) is 1. The third kappa shape index (κ3) is 4.18. The van der Waals surface area contributed by atoms with Gasteiger partial charge in [0.05, 0.1) is 0 Å². The number of hydrogen-bond acceptors (Lipinski definition) is 3. The van der Waals surface area contributed by atoms with Crippen molar-refractivity contribution in [2.24, 2.45) is 5.92 Å². The summed E-state index contributed by atoms with van der Waals surface area (Å²) in [6.07, 6.45) is 2.40. The van der Waals surface area contributed by atoms with Gasteiger partial charge in [0.15, 0.2) is 0 Å². The van der Waals surface area contributed by atoms with Crippen LogP contribution in [-0.4, -0.2) is 48.6 Å². The van der Waals surface area contributed by atoms with Crippen LogP contribution < -0.4 is 5.32 Å². The topological polar surface area (TPSA) is 69.6 Å². The average molecular weight is 228 g/mol. The minimum atomic E-state index is -0.736. The smallest absolute Gasteiger partial charge is 0.303 e. The zero-order chi connectivity index (χ0) is 12.0. The van der Waals surface area contributed by atoms with E-state index in [2.05, 4.69) is 5.32 Å². The van der Waals surface area contributed by atoms with Crippen LogP contribution in [0.4, 0.5) is 0 Å². The minimum Gasteiger partial charge on any atom is -0.481 e. The van der Waals surface area contributed by atoms with Crippen LogP contribution in [0.25, 0.3) is 0 Å². The molecule has 0 spiro atoms. The molecule has 0 aliphatic carbocycles. The van der Waals surface area contributed by atoms with E-state index in [1.165, 1.54) is 0 Å². The highest BCUT2D eigenvalue weighted by atomic mass is 16.4. The Bertz CT molecular complexity index is 248. The summed E-state index contributed by atoms with van der Waals surface area (Å²) in [5.74, 6) is -0.325. The SMILES string of the molecule is CNCCC(=O)N1CCC(CC(=O)O)CC1. The number of rotatable bonds is 5. The summed E-state index contributed by atoms with van der Waals surface area (Å²) in [5, 5.41) is 11.6. The molecule has 16 heavy (non-hydrogen) atoms. The molecule has 0 atom stereocenters. The number of aliphatic carboxylic acids is 1. The summed E-state index contributed by atoms with van der Waals surface area (Å²) in [7, 11) is 1.83. The van der Waals surface area contributed by atoms with E-state index in [4.69, 9.17) is 5.11 Å². The van der Waals surface area contributed by atoms with Crippen LogP contribution in [0.15, 0.2) is 0 Å². The van der Waals surface area contributed by atoms with E-state index in [0.29, 0.717) is 26.1 Å². The molecule has 0 aromatic rings. The zero-order valence-corrected chi connectivity index (χ0v) is 9.74. The van der Waals surface area contributed by atoms with Crippen LogP contribution >= 0.6 is 0 Å². The standard InChI is InChI=1S/C11H20N2O3/c1-12-5-2-10(14)13-6-3-9(4-7-13)8-11(15)16/h9,12H,2-8H2,1H3,(H,15,16). The van der Waals surface area contributed by atoms with Crippen LogP contribution in [0.2, 0.25) is 0 Å². The Morgan fingerprint density at radius 3 is 2.50 bits per heavy atom. The first-order valence-corrected chi connectivity index (χ1v) is 5.77. The molecular weight excluding hydrogens is 208 g/mol. The molecule has 0 aromatic heterocycles. The summed E-state index contributed by atoms with van der Waals surface area (Å²) in [4.78, 5) is 24.0. The van der Waals surface area contributed by atoms with Gasteiger partial charge in [-0.05, 0) is 25.8 Å². The molecule has 0 unspecified atom stereocenters. The van der Waals surface area contributed by atoms with E-state index in [1.54, 1.807) is 0 Å². The van der Waals surface area contributed by atoms with Gasteiger partial charge in [-0.2, -0.15) is 0 Å². The fraction of sp³-hybridized carbons (Fsp3) is 0.818. The maximum absolute atomic E-state index is 11.7. The Labute approximate surface area is 95.8 Å². The number of hydrogen-bond donors (Lipinski definition) is 2. The van der Waals surface area contributed by atoms with Crippen molar-refractivity contribution in [3.05, 3.63) is 0 Å². The predicted octanol–water partition coefficient (Wildman–Crippen LogP) is 0.309. The van der Waals surface area contributed by atoms with E-state index < -0.39 is 5.97 Å². The lowest BCUT2D eigenvalue weighted by Crippen LogP contribution is -2.39. The van der Waals surface area contributed by atoms with E-state index in [0.717, 1.165) is 12.8 Å². The second kappa shape index (κ2) is 6.48. The molecule has 1 amide bonds.